The Kier molecular flexibility index (Phi) is 5.08. The fraction of sp³-hybridized carbons (Fsp3) is 0.500. The lowest BCUT2D eigenvalue weighted by Crippen LogP contribution is -2.09. The highest BCUT2D eigenvalue weighted by Crippen LogP contribution is 2.16. The van der Waals surface area contributed by atoms with Gasteiger partial charge in [0.1, 0.15) is 6.61 Å². The molecule has 0 saturated heterocycles. The molecule has 1 rings (SSSR count). The van der Waals surface area contributed by atoms with Crippen LogP contribution in [-0.4, -0.2) is 29.6 Å². The summed E-state index contributed by atoms with van der Waals surface area (Å²) in [6.07, 6.45) is 0.0178. The molecular formula is C12H17NO3. The summed E-state index contributed by atoms with van der Waals surface area (Å²) in [6, 6.07) is 5.47. The molecule has 0 bridgehead atoms. The molecule has 0 aliphatic heterocycles. The lowest BCUT2D eigenvalue weighted by molar-refractivity contribution is -0.123. The zero-order chi connectivity index (χ0) is 12.0. The van der Waals surface area contributed by atoms with Crippen LogP contribution in [0.5, 0.6) is 0 Å². The van der Waals surface area contributed by atoms with Gasteiger partial charge in [0.25, 0.3) is 0 Å². The number of aryl methyl sites for hydroxylation is 1. The number of carbonyl (C=O) groups excluding carboxylic acids is 1. The normalized spacial score (nSPS) is 12.4. The number of hydrogen-bond donors (Lipinski definition) is 1. The standard InChI is InChI=1S/C12H17NO3/c1-9-4-3-5-11(13-9)12(15)7-6-10(14)8-16-2/h3-5,12,15H,6-8H2,1-2H3. The summed E-state index contributed by atoms with van der Waals surface area (Å²) in [6.45, 7) is 1.97. The monoisotopic (exact) mass is 223 g/mol. The molecule has 1 unspecified atom stereocenters. The molecule has 0 spiro atoms. The van der Waals surface area contributed by atoms with Gasteiger partial charge in [-0.1, -0.05) is 6.07 Å². The first-order chi connectivity index (χ1) is 7.63. The van der Waals surface area contributed by atoms with Crippen molar-refractivity contribution in [1.29, 1.82) is 0 Å². The number of nitrogens with zero attached hydrogens (tertiary/aromatic N) is 1. The van der Waals surface area contributed by atoms with E-state index in [1.807, 2.05) is 19.1 Å². The third-order valence-electron chi connectivity index (χ3n) is 2.25. The quantitative estimate of drug-likeness (QED) is 0.792. The Morgan fingerprint density at radius 3 is 2.94 bits per heavy atom. The average Bonchev–Trinajstić information content (AvgIpc) is 2.26. The summed E-state index contributed by atoms with van der Waals surface area (Å²) in [5, 5.41) is 9.81. The summed E-state index contributed by atoms with van der Waals surface area (Å²) in [5.41, 5.74) is 1.48. The van der Waals surface area contributed by atoms with Gasteiger partial charge < -0.3 is 9.84 Å². The highest BCUT2D eigenvalue weighted by molar-refractivity contribution is 5.79. The number of aliphatic hydroxyl groups is 1. The first-order valence-electron chi connectivity index (χ1n) is 5.25. The van der Waals surface area contributed by atoms with Gasteiger partial charge in [-0.3, -0.25) is 9.78 Å². The zero-order valence-corrected chi connectivity index (χ0v) is 9.64. The van der Waals surface area contributed by atoms with Crippen LogP contribution in [0.4, 0.5) is 0 Å². The molecule has 88 valence electrons. The van der Waals surface area contributed by atoms with E-state index in [9.17, 15) is 9.90 Å². The van der Waals surface area contributed by atoms with Crippen LogP contribution in [-0.2, 0) is 9.53 Å². The molecule has 4 heteroatoms. The molecule has 0 saturated carbocycles. The lowest BCUT2D eigenvalue weighted by Gasteiger charge is -2.09. The fourth-order valence-electron chi connectivity index (χ4n) is 1.43. The van der Waals surface area contributed by atoms with Gasteiger partial charge in [0.15, 0.2) is 5.78 Å². The Balaban J connectivity index is 2.46. The van der Waals surface area contributed by atoms with Crippen molar-refractivity contribution in [2.24, 2.45) is 0 Å². The maximum absolute atomic E-state index is 11.2. The molecule has 0 aromatic carbocycles. The van der Waals surface area contributed by atoms with E-state index in [1.54, 1.807) is 6.07 Å². The number of methoxy groups -OCH3 is 1. The number of ketones is 1. The predicted octanol–water partition coefficient (Wildman–Crippen LogP) is 1.42. The third-order valence-corrected chi connectivity index (χ3v) is 2.25. The van der Waals surface area contributed by atoms with Gasteiger partial charge in [-0.2, -0.15) is 0 Å². The van der Waals surface area contributed by atoms with Crippen LogP contribution in [0.15, 0.2) is 18.2 Å². The van der Waals surface area contributed by atoms with Crippen molar-refractivity contribution in [3.63, 3.8) is 0 Å². The zero-order valence-electron chi connectivity index (χ0n) is 9.64. The molecule has 0 fully saturated rings. The van der Waals surface area contributed by atoms with Crippen LogP contribution >= 0.6 is 0 Å². The van der Waals surface area contributed by atoms with Crippen molar-refractivity contribution in [2.75, 3.05) is 13.7 Å². The highest BCUT2D eigenvalue weighted by Gasteiger charge is 2.11. The lowest BCUT2D eigenvalue weighted by atomic mass is 10.1. The van der Waals surface area contributed by atoms with Crippen LogP contribution in [0.2, 0.25) is 0 Å². The van der Waals surface area contributed by atoms with Gasteiger partial charge in [-0.05, 0) is 25.5 Å². The number of carbonyl (C=O) groups is 1. The molecule has 1 atom stereocenters. The second kappa shape index (κ2) is 6.35. The summed E-state index contributed by atoms with van der Waals surface area (Å²) in [4.78, 5) is 15.4. The second-order valence-electron chi connectivity index (χ2n) is 3.73. The van der Waals surface area contributed by atoms with E-state index in [1.165, 1.54) is 7.11 Å². The van der Waals surface area contributed by atoms with Crippen molar-refractivity contribution < 1.29 is 14.6 Å². The molecule has 1 aromatic rings. The van der Waals surface area contributed by atoms with E-state index >= 15 is 0 Å². The Labute approximate surface area is 95.3 Å². The SMILES string of the molecule is COCC(=O)CCC(O)c1cccc(C)n1. The van der Waals surface area contributed by atoms with Crippen LogP contribution in [0.3, 0.4) is 0 Å². The molecule has 0 aliphatic rings. The smallest absolute Gasteiger partial charge is 0.158 e. The van der Waals surface area contributed by atoms with Crippen LogP contribution in [0.25, 0.3) is 0 Å². The van der Waals surface area contributed by atoms with E-state index in [4.69, 9.17) is 4.74 Å². The molecule has 0 radical (unpaired) electrons. The van der Waals surface area contributed by atoms with Gasteiger partial charge >= 0.3 is 0 Å². The van der Waals surface area contributed by atoms with E-state index < -0.39 is 6.10 Å². The van der Waals surface area contributed by atoms with E-state index in [0.29, 0.717) is 18.5 Å². The predicted molar refractivity (Wildman–Crippen MR) is 60.1 cm³/mol. The molecular weight excluding hydrogens is 206 g/mol. The number of aliphatic hydroxyl groups excluding tert-OH is 1. The highest BCUT2D eigenvalue weighted by atomic mass is 16.5. The Morgan fingerprint density at radius 1 is 1.56 bits per heavy atom. The van der Waals surface area contributed by atoms with Crippen LogP contribution in [0, 0.1) is 6.92 Å². The molecule has 1 heterocycles. The summed E-state index contributed by atoms with van der Waals surface area (Å²) < 4.78 is 4.71. The first-order valence-corrected chi connectivity index (χ1v) is 5.25. The maximum atomic E-state index is 11.2. The van der Waals surface area contributed by atoms with Crippen molar-refractivity contribution in [3.05, 3.63) is 29.6 Å². The Bertz CT molecular complexity index is 352. The number of ether oxygens (including phenoxy) is 1. The minimum absolute atomic E-state index is 0.00537. The molecule has 0 amide bonds. The third kappa shape index (κ3) is 4.08. The van der Waals surface area contributed by atoms with Crippen molar-refractivity contribution in [2.45, 2.75) is 25.9 Å². The second-order valence-corrected chi connectivity index (χ2v) is 3.73. The van der Waals surface area contributed by atoms with Gasteiger partial charge in [0.2, 0.25) is 0 Å². The first kappa shape index (κ1) is 12.8. The number of aromatic nitrogens is 1. The summed E-state index contributed by atoms with van der Waals surface area (Å²) in [7, 11) is 1.48. The van der Waals surface area contributed by atoms with E-state index in [2.05, 4.69) is 4.98 Å². The molecule has 1 N–H and O–H groups in total. The van der Waals surface area contributed by atoms with Gasteiger partial charge in [0, 0.05) is 19.2 Å². The Morgan fingerprint density at radius 2 is 2.31 bits per heavy atom. The van der Waals surface area contributed by atoms with Crippen molar-refractivity contribution in [1.82, 2.24) is 4.98 Å². The molecule has 0 aliphatic carbocycles. The van der Waals surface area contributed by atoms with Crippen LogP contribution in [0.1, 0.15) is 30.3 Å². The average molecular weight is 223 g/mol. The van der Waals surface area contributed by atoms with Crippen molar-refractivity contribution >= 4 is 5.78 Å². The van der Waals surface area contributed by atoms with E-state index in [-0.39, 0.29) is 12.4 Å². The number of Topliss-reactive ketones (excluding diaryl/α,β-unsaturated/α-hetero) is 1. The number of pyridine rings is 1. The van der Waals surface area contributed by atoms with E-state index in [0.717, 1.165) is 5.69 Å². The number of rotatable bonds is 6. The van der Waals surface area contributed by atoms with Gasteiger partial charge in [-0.15, -0.1) is 0 Å². The van der Waals surface area contributed by atoms with Gasteiger partial charge in [-0.25, -0.2) is 0 Å². The minimum atomic E-state index is -0.680. The summed E-state index contributed by atoms with van der Waals surface area (Å²) in [5.74, 6) is -0.00537. The minimum Gasteiger partial charge on any atom is -0.387 e. The Hall–Kier alpha value is -1.26. The van der Waals surface area contributed by atoms with Crippen molar-refractivity contribution in [3.8, 4) is 0 Å². The molecule has 16 heavy (non-hydrogen) atoms. The topological polar surface area (TPSA) is 59.4 Å². The van der Waals surface area contributed by atoms with Crippen LogP contribution < -0.4 is 0 Å². The summed E-state index contributed by atoms with van der Waals surface area (Å²) >= 11 is 0. The molecule has 4 nitrogen and oxygen atoms in total. The fourth-order valence-corrected chi connectivity index (χ4v) is 1.43. The van der Waals surface area contributed by atoms with Gasteiger partial charge in [0.05, 0.1) is 11.8 Å². The maximum Gasteiger partial charge on any atom is 0.158 e. The number of hydrogen-bond acceptors (Lipinski definition) is 4. The largest absolute Gasteiger partial charge is 0.387 e. The molecule has 1 aromatic heterocycles.